The third-order valence-electron chi connectivity index (χ3n) is 3.19. The van der Waals surface area contributed by atoms with E-state index >= 15 is 0 Å². The van der Waals surface area contributed by atoms with E-state index in [1.54, 1.807) is 4.90 Å². The second-order valence-electron chi connectivity index (χ2n) is 4.82. The molecule has 10 nitrogen and oxygen atoms in total. The highest BCUT2D eigenvalue weighted by molar-refractivity contribution is 5.77. The van der Waals surface area contributed by atoms with Crippen LogP contribution in [0.25, 0.3) is 0 Å². The molecule has 1 aromatic rings. The van der Waals surface area contributed by atoms with Gasteiger partial charge in [0.15, 0.2) is 5.82 Å². The van der Waals surface area contributed by atoms with Gasteiger partial charge in [0.1, 0.15) is 5.69 Å². The molecule has 122 valence electrons. The molecule has 0 saturated carbocycles. The lowest BCUT2D eigenvalue weighted by Crippen LogP contribution is -2.35. The summed E-state index contributed by atoms with van der Waals surface area (Å²) in [4.78, 5) is 31.7. The number of carbonyl (C=O) groups is 1. The maximum absolute atomic E-state index is 11.7. The molecule has 0 bridgehead atoms. The van der Waals surface area contributed by atoms with E-state index in [4.69, 9.17) is 10.8 Å². The van der Waals surface area contributed by atoms with E-state index in [-0.39, 0.29) is 30.4 Å². The Labute approximate surface area is 127 Å². The van der Waals surface area contributed by atoms with E-state index in [9.17, 15) is 9.59 Å². The number of amides is 1. The van der Waals surface area contributed by atoms with Gasteiger partial charge in [-0.25, -0.2) is 0 Å². The highest BCUT2D eigenvalue weighted by Crippen LogP contribution is 2.25. The summed E-state index contributed by atoms with van der Waals surface area (Å²) in [7, 11) is 0. The molecule has 2 heterocycles. The zero-order valence-corrected chi connectivity index (χ0v) is 12.2. The molecule has 0 aliphatic carbocycles. The zero-order valence-electron chi connectivity index (χ0n) is 12.2. The van der Waals surface area contributed by atoms with Gasteiger partial charge in [0.25, 0.3) is 5.56 Å². The lowest BCUT2D eigenvalue weighted by molar-refractivity contribution is -0.120. The van der Waals surface area contributed by atoms with E-state index in [2.05, 4.69) is 25.9 Å². The van der Waals surface area contributed by atoms with Crippen LogP contribution in [-0.2, 0) is 4.79 Å². The zero-order chi connectivity index (χ0) is 15.9. The molecule has 22 heavy (non-hydrogen) atoms. The van der Waals surface area contributed by atoms with Gasteiger partial charge in [-0.05, 0) is 0 Å². The Bertz CT molecular complexity index is 574. The number of H-pyrrole nitrogens is 1. The van der Waals surface area contributed by atoms with Gasteiger partial charge in [-0.15, -0.1) is 0 Å². The number of hydrogen-bond donors (Lipinski definition) is 6. The van der Waals surface area contributed by atoms with E-state index < -0.39 is 0 Å². The molecular weight excluding hydrogens is 290 g/mol. The number of aliphatic hydroxyl groups is 1. The normalized spacial score (nSPS) is 12.9. The first-order chi connectivity index (χ1) is 10.6. The summed E-state index contributed by atoms with van der Waals surface area (Å²) in [5.41, 5.74) is 5.59. The van der Waals surface area contributed by atoms with Gasteiger partial charge in [0.05, 0.1) is 13.3 Å². The predicted molar refractivity (Wildman–Crippen MR) is 82.7 cm³/mol. The fourth-order valence-corrected chi connectivity index (χ4v) is 2.12. The van der Waals surface area contributed by atoms with Crippen LogP contribution in [0.5, 0.6) is 0 Å². The van der Waals surface area contributed by atoms with Crippen LogP contribution in [0.15, 0.2) is 4.79 Å². The summed E-state index contributed by atoms with van der Waals surface area (Å²) in [5.74, 6) is 0.438. The van der Waals surface area contributed by atoms with Crippen LogP contribution in [-0.4, -0.2) is 60.4 Å². The summed E-state index contributed by atoms with van der Waals surface area (Å²) in [6.45, 7) is 2.54. The first kappa shape index (κ1) is 16.0. The van der Waals surface area contributed by atoms with Crippen molar-refractivity contribution in [1.82, 2.24) is 20.6 Å². The van der Waals surface area contributed by atoms with Crippen molar-refractivity contribution < 1.29 is 9.90 Å². The molecular formula is C12H21N7O3. The van der Waals surface area contributed by atoms with Crippen LogP contribution >= 0.6 is 0 Å². The third-order valence-corrected chi connectivity index (χ3v) is 3.19. The van der Waals surface area contributed by atoms with Crippen molar-refractivity contribution in [3.8, 4) is 0 Å². The fraction of sp³-hybridized carbons (Fsp3) is 0.583. The Morgan fingerprint density at radius 1 is 1.41 bits per heavy atom. The van der Waals surface area contributed by atoms with Crippen molar-refractivity contribution in [2.45, 2.75) is 6.42 Å². The molecule has 10 heteroatoms. The van der Waals surface area contributed by atoms with Gasteiger partial charge in [-0.3, -0.25) is 14.6 Å². The molecule has 2 rings (SSSR count). The van der Waals surface area contributed by atoms with Gasteiger partial charge in [-0.1, -0.05) is 0 Å². The summed E-state index contributed by atoms with van der Waals surface area (Å²) >= 11 is 0. The number of nitrogens with zero attached hydrogens (tertiary/aromatic N) is 2. The summed E-state index contributed by atoms with van der Waals surface area (Å²) in [6, 6.07) is 0. The number of nitrogens with two attached hydrogens (primary N) is 1. The largest absolute Gasteiger partial charge is 0.395 e. The third kappa shape index (κ3) is 4.09. The van der Waals surface area contributed by atoms with Gasteiger partial charge in [0, 0.05) is 32.6 Å². The minimum Gasteiger partial charge on any atom is -0.395 e. The lowest BCUT2D eigenvalue weighted by atomic mass is 10.3. The minimum atomic E-state index is -0.315. The monoisotopic (exact) mass is 311 g/mol. The average molecular weight is 311 g/mol. The highest BCUT2D eigenvalue weighted by Gasteiger charge is 2.23. The van der Waals surface area contributed by atoms with Crippen molar-refractivity contribution in [2.24, 2.45) is 0 Å². The SMILES string of the molecule is Nc1nc2c(c(=O)[nH]1)NCN2CCC(=O)NCCNCCO. The number of aliphatic hydroxyl groups excluding tert-OH is 1. The molecule has 1 aliphatic rings. The smallest absolute Gasteiger partial charge is 0.277 e. The molecule has 0 fully saturated rings. The van der Waals surface area contributed by atoms with Crippen LogP contribution in [0.1, 0.15) is 6.42 Å². The maximum Gasteiger partial charge on any atom is 0.277 e. The number of nitrogen functional groups attached to an aromatic ring is 1. The van der Waals surface area contributed by atoms with Crippen LogP contribution in [0, 0.1) is 0 Å². The fourth-order valence-electron chi connectivity index (χ4n) is 2.12. The molecule has 1 aliphatic heterocycles. The van der Waals surface area contributed by atoms with Crippen molar-refractivity contribution in [2.75, 3.05) is 55.4 Å². The molecule has 0 radical (unpaired) electrons. The summed E-state index contributed by atoms with van der Waals surface area (Å²) in [5, 5.41) is 17.3. The van der Waals surface area contributed by atoms with Gasteiger partial charge < -0.3 is 31.7 Å². The topological polar surface area (TPSA) is 148 Å². The molecule has 0 spiro atoms. The Morgan fingerprint density at radius 2 is 2.23 bits per heavy atom. The molecule has 1 aromatic heterocycles. The minimum absolute atomic E-state index is 0.0526. The van der Waals surface area contributed by atoms with Gasteiger partial charge in [-0.2, -0.15) is 4.98 Å². The maximum atomic E-state index is 11.7. The molecule has 0 saturated heterocycles. The molecule has 0 atom stereocenters. The molecule has 7 N–H and O–H groups in total. The second-order valence-corrected chi connectivity index (χ2v) is 4.82. The average Bonchev–Trinajstić information content (AvgIpc) is 2.88. The summed E-state index contributed by atoms with van der Waals surface area (Å²) in [6.07, 6.45) is 0.287. The number of fused-ring (bicyclic) bond motifs is 1. The van der Waals surface area contributed by atoms with E-state index in [1.807, 2.05) is 0 Å². The number of anilines is 3. The Morgan fingerprint density at radius 3 is 3.00 bits per heavy atom. The standard InChI is InChI=1S/C12H21N7O3/c13-12-17-10-9(11(22)18-12)16-7-19(10)5-1-8(21)15-3-2-14-4-6-20/h14,16,20H,1-7H2,(H,15,21)(H3,13,17,18,22). The van der Waals surface area contributed by atoms with Crippen LogP contribution in [0.2, 0.25) is 0 Å². The molecule has 1 amide bonds. The predicted octanol–water partition coefficient (Wildman–Crippen LogP) is -2.37. The van der Waals surface area contributed by atoms with Crippen LogP contribution in [0.4, 0.5) is 17.5 Å². The van der Waals surface area contributed by atoms with Gasteiger partial charge >= 0.3 is 0 Å². The Balaban J connectivity index is 1.77. The van der Waals surface area contributed by atoms with E-state index in [0.717, 1.165) is 0 Å². The molecule has 0 unspecified atom stereocenters. The number of aromatic nitrogens is 2. The van der Waals surface area contributed by atoms with Crippen LogP contribution in [0.3, 0.4) is 0 Å². The van der Waals surface area contributed by atoms with Gasteiger partial charge in [0.2, 0.25) is 11.9 Å². The highest BCUT2D eigenvalue weighted by atomic mass is 16.3. The van der Waals surface area contributed by atoms with E-state index in [0.29, 0.717) is 44.4 Å². The van der Waals surface area contributed by atoms with Crippen LogP contribution < -0.4 is 32.1 Å². The van der Waals surface area contributed by atoms with Crippen molar-refractivity contribution in [3.63, 3.8) is 0 Å². The second kappa shape index (κ2) is 7.61. The lowest BCUT2D eigenvalue weighted by Gasteiger charge is -2.16. The van der Waals surface area contributed by atoms with Crippen molar-refractivity contribution in [1.29, 1.82) is 0 Å². The number of rotatable bonds is 8. The summed E-state index contributed by atoms with van der Waals surface area (Å²) < 4.78 is 0. The van der Waals surface area contributed by atoms with Crippen molar-refractivity contribution >= 4 is 23.4 Å². The first-order valence-electron chi connectivity index (χ1n) is 7.08. The number of aromatic amines is 1. The number of carbonyl (C=O) groups excluding carboxylic acids is 1. The first-order valence-corrected chi connectivity index (χ1v) is 7.08. The van der Waals surface area contributed by atoms with Crippen molar-refractivity contribution in [3.05, 3.63) is 10.4 Å². The van der Waals surface area contributed by atoms with E-state index in [1.165, 1.54) is 0 Å². The Kier molecular flexibility index (Phi) is 5.55. The molecule has 0 aromatic carbocycles. The number of nitrogens with one attached hydrogen (secondary N) is 4. The number of hydrogen-bond acceptors (Lipinski definition) is 8. The quantitative estimate of drug-likeness (QED) is 0.292. The Hall–Kier alpha value is -2.33.